The molecule has 0 aliphatic carbocycles. The fourth-order valence-corrected chi connectivity index (χ4v) is 4.35. The maximum absolute atomic E-state index is 5.86. The molecule has 0 radical (unpaired) electrons. The quantitative estimate of drug-likeness (QED) is 0.925. The minimum absolute atomic E-state index is 0.821. The van der Waals surface area contributed by atoms with E-state index in [0.29, 0.717) is 0 Å². The molecule has 3 aliphatic heterocycles. The minimum Gasteiger partial charge on any atom is -0.492 e. The first-order chi connectivity index (χ1) is 10.4. The van der Waals surface area contributed by atoms with Crippen molar-refractivity contribution in [1.82, 2.24) is 10.2 Å². The molecule has 114 valence electrons. The van der Waals surface area contributed by atoms with Gasteiger partial charge in [0.2, 0.25) is 0 Å². The van der Waals surface area contributed by atoms with E-state index in [1.807, 2.05) is 0 Å². The molecule has 0 saturated carbocycles. The van der Waals surface area contributed by atoms with E-state index < -0.39 is 0 Å². The van der Waals surface area contributed by atoms with Crippen molar-refractivity contribution in [2.75, 3.05) is 19.7 Å². The van der Waals surface area contributed by atoms with Crippen molar-refractivity contribution in [1.29, 1.82) is 0 Å². The predicted molar refractivity (Wildman–Crippen MR) is 84.5 cm³/mol. The maximum atomic E-state index is 5.86. The standard InChI is InChI=1S/C18H26N2O/c1-2-4-18-15(3-1)13-20(9-10-21-18)8-7-14-11-16-5-6-17(12-14)19-16/h1-4,14,16-17,19H,5-13H2. The van der Waals surface area contributed by atoms with E-state index in [-0.39, 0.29) is 0 Å². The third-order valence-electron chi connectivity index (χ3n) is 5.46. The van der Waals surface area contributed by atoms with Crippen molar-refractivity contribution >= 4 is 0 Å². The predicted octanol–water partition coefficient (Wildman–Crippen LogP) is 2.80. The first-order valence-corrected chi connectivity index (χ1v) is 8.56. The van der Waals surface area contributed by atoms with Crippen LogP contribution in [0.25, 0.3) is 0 Å². The Morgan fingerprint density at radius 1 is 1.14 bits per heavy atom. The Morgan fingerprint density at radius 3 is 2.81 bits per heavy atom. The van der Waals surface area contributed by atoms with Gasteiger partial charge in [-0.15, -0.1) is 0 Å². The third kappa shape index (κ3) is 3.09. The monoisotopic (exact) mass is 286 g/mol. The summed E-state index contributed by atoms with van der Waals surface area (Å²) in [6.07, 6.45) is 6.98. The summed E-state index contributed by atoms with van der Waals surface area (Å²) in [6.45, 7) is 4.16. The van der Waals surface area contributed by atoms with Gasteiger partial charge < -0.3 is 10.1 Å². The van der Waals surface area contributed by atoms with Gasteiger partial charge >= 0.3 is 0 Å². The number of nitrogens with zero attached hydrogens (tertiary/aromatic N) is 1. The van der Waals surface area contributed by atoms with Gasteiger partial charge in [0.15, 0.2) is 0 Å². The number of hydrogen-bond acceptors (Lipinski definition) is 3. The molecule has 2 atom stereocenters. The van der Waals surface area contributed by atoms with Gasteiger partial charge in [-0.25, -0.2) is 0 Å². The number of piperidine rings is 1. The van der Waals surface area contributed by atoms with E-state index in [1.54, 1.807) is 0 Å². The molecule has 1 aromatic rings. The summed E-state index contributed by atoms with van der Waals surface area (Å²) >= 11 is 0. The lowest BCUT2D eigenvalue weighted by Gasteiger charge is -2.30. The average molecular weight is 286 g/mol. The smallest absolute Gasteiger partial charge is 0.123 e. The molecule has 2 unspecified atom stereocenters. The summed E-state index contributed by atoms with van der Waals surface area (Å²) in [5.41, 5.74) is 1.35. The van der Waals surface area contributed by atoms with E-state index >= 15 is 0 Å². The Kier molecular flexibility index (Phi) is 3.87. The summed E-state index contributed by atoms with van der Waals surface area (Å²) in [5, 5.41) is 3.75. The Balaban J connectivity index is 1.33. The van der Waals surface area contributed by atoms with Crippen molar-refractivity contribution in [3.05, 3.63) is 29.8 Å². The topological polar surface area (TPSA) is 24.5 Å². The van der Waals surface area contributed by atoms with Crippen molar-refractivity contribution in [3.63, 3.8) is 0 Å². The van der Waals surface area contributed by atoms with E-state index in [9.17, 15) is 0 Å². The average Bonchev–Trinajstić information content (AvgIpc) is 2.73. The second-order valence-corrected chi connectivity index (χ2v) is 7.00. The molecule has 2 fully saturated rings. The van der Waals surface area contributed by atoms with Crippen LogP contribution in [0.15, 0.2) is 24.3 Å². The third-order valence-corrected chi connectivity index (χ3v) is 5.46. The summed E-state index contributed by atoms with van der Waals surface area (Å²) in [7, 11) is 0. The van der Waals surface area contributed by atoms with Gasteiger partial charge in [0.25, 0.3) is 0 Å². The van der Waals surface area contributed by atoms with Crippen LogP contribution in [0.3, 0.4) is 0 Å². The molecule has 3 heteroatoms. The van der Waals surface area contributed by atoms with Crippen molar-refractivity contribution in [3.8, 4) is 5.75 Å². The molecule has 0 aromatic heterocycles. The van der Waals surface area contributed by atoms with E-state index in [1.165, 1.54) is 44.2 Å². The normalized spacial score (nSPS) is 32.3. The van der Waals surface area contributed by atoms with Crippen LogP contribution in [0.2, 0.25) is 0 Å². The molecular weight excluding hydrogens is 260 g/mol. The molecule has 2 saturated heterocycles. The second-order valence-electron chi connectivity index (χ2n) is 7.00. The Hall–Kier alpha value is -1.06. The number of nitrogens with one attached hydrogen (secondary N) is 1. The zero-order valence-corrected chi connectivity index (χ0v) is 12.8. The van der Waals surface area contributed by atoms with E-state index in [2.05, 4.69) is 34.5 Å². The fraction of sp³-hybridized carbons (Fsp3) is 0.667. The van der Waals surface area contributed by atoms with Crippen LogP contribution in [0, 0.1) is 5.92 Å². The number of hydrogen-bond donors (Lipinski definition) is 1. The molecule has 3 nitrogen and oxygen atoms in total. The Labute approximate surface area is 127 Å². The minimum atomic E-state index is 0.821. The number of benzene rings is 1. The molecule has 1 N–H and O–H groups in total. The van der Waals surface area contributed by atoms with Gasteiger partial charge in [-0.2, -0.15) is 0 Å². The van der Waals surface area contributed by atoms with Crippen LogP contribution < -0.4 is 10.1 Å². The van der Waals surface area contributed by atoms with Crippen LogP contribution in [0.5, 0.6) is 5.75 Å². The van der Waals surface area contributed by atoms with Gasteiger partial charge in [-0.3, -0.25) is 4.90 Å². The molecule has 0 spiro atoms. The van der Waals surface area contributed by atoms with Gasteiger partial charge in [-0.05, 0) is 50.6 Å². The van der Waals surface area contributed by atoms with Gasteiger partial charge in [0, 0.05) is 30.7 Å². The Morgan fingerprint density at radius 2 is 1.95 bits per heavy atom. The van der Waals surface area contributed by atoms with Crippen molar-refractivity contribution < 1.29 is 4.74 Å². The van der Waals surface area contributed by atoms with Crippen molar-refractivity contribution in [2.24, 2.45) is 5.92 Å². The zero-order chi connectivity index (χ0) is 14.1. The summed E-state index contributed by atoms with van der Waals surface area (Å²) in [4.78, 5) is 2.58. The van der Waals surface area contributed by atoms with Crippen LogP contribution in [0.4, 0.5) is 0 Å². The SMILES string of the molecule is c1ccc2c(c1)CN(CCC1CC3CCC(C1)N3)CCO2. The molecule has 2 bridgehead atoms. The van der Waals surface area contributed by atoms with E-state index in [0.717, 1.165) is 43.4 Å². The van der Waals surface area contributed by atoms with Crippen molar-refractivity contribution in [2.45, 2.75) is 50.7 Å². The number of para-hydroxylation sites is 1. The lowest BCUT2D eigenvalue weighted by Crippen LogP contribution is -2.39. The highest BCUT2D eigenvalue weighted by molar-refractivity contribution is 5.33. The molecule has 1 aromatic carbocycles. The molecule has 4 rings (SSSR count). The van der Waals surface area contributed by atoms with E-state index in [4.69, 9.17) is 4.74 Å². The van der Waals surface area contributed by atoms with Gasteiger partial charge in [0.1, 0.15) is 12.4 Å². The molecule has 21 heavy (non-hydrogen) atoms. The van der Waals surface area contributed by atoms with Crippen LogP contribution in [0.1, 0.15) is 37.7 Å². The Bertz CT molecular complexity index is 478. The highest BCUT2D eigenvalue weighted by Crippen LogP contribution is 2.33. The molecular formula is C18H26N2O. The lowest BCUT2D eigenvalue weighted by molar-refractivity contribution is 0.195. The first-order valence-electron chi connectivity index (χ1n) is 8.56. The number of rotatable bonds is 3. The lowest BCUT2D eigenvalue weighted by atomic mass is 9.89. The van der Waals surface area contributed by atoms with Crippen LogP contribution in [-0.4, -0.2) is 36.7 Å². The molecule has 3 heterocycles. The summed E-state index contributed by atoms with van der Waals surface area (Å²) in [6, 6.07) is 10.1. The number of ether oxygens (including phenoxy) is 1. The highest BCUT2D eigenvalue weighted by Gasteiger charge is 2.33. The fourth-order valence-electron chi connectivity index (χ4n) is 4.35. The molecule has 0 amide bonds. The zero-order valence-electron chi connectivity index (χ0n) is 12.8. The highest BCUT2D eigenvalue weighted by atomic mass is 16.5. The van der Waals surface area contributed by atoms with Crippen LogP contribution >= 0.6 is 0 Å². The first kappa shape index (κ1) is 13.6. The van der Waals surface area contributed by atoms with Crippen LogP contribution in [-0.2, 0) is 6.54 Å². The van der Waals surface area contributed by atoms with Gasteiger partial charge in [-0.1, -0.05) is 18.2 Å². The summed E-state index contributed by atoms with van der Waals surface area (Å²) < 4.78 is 5.86. The largest absolute Gasteiger partial charge is 0.492 e. The number of fused-ring (bicyclic) bond motifs is 3. The maximum Gasteiger partial charge on any atom is 0.123 e. The van der Waals surface area contributed by atoms with Gasteiger partial charge in [0.05, 0.1) is 0 Å². The molecule has 3 aliphatic rings. The second kappa shape index (κ2) is 5.98. The summed E-state index contributed by atoms with van der Waals surface area (Å²) in [5.74, 6) is 2.02.